The third-order valence-corrected chi connectivity index (χ3v) is 2.58. The Morgan fingerprint density at radius 1 is 1.53 bits per heavy atom. The van der Waals surface area contributed by atoms with Crippen LogP contribution in [0.15, 0.2) is 23.2 Å². The number of hydrogen-bond acceptors (Lipinski definition) is 6. The third kappa shape index (κ3) is 2.56. The molecule has 0 aliphatic rings. The fourth-order valence-corrected chi connectivity index (χ4v) is 1.69. The molecule has 88 valence electrons. The molecule has 2 rings (SSSR count). The molecule has 2 heterocycles. The summed E-state index contributed by atoms with van der Waals surface area (Å²) in [4.78, 5) is 18.0. The number of nitrogens with one attached hydrogen (secondary N) is 2. The molecule has 0 aromatic carbocycles. The summed E-state index contributed by atoms with van der Waals surface area (Å²) in [7, 11) is 0. The van der Waals surface area contributed by atoms with Crippen molar-refractivity contribution < 1.29 is 4.92 Å². The van der Waals surface area contributed by atoms with Crippen LogP contribution in [0.3, 0.4) is 0 Å². The molecule has 0 saturated carbocycles. The molecule has 0 aliphatic heterocycles. The van der Waals surface area contributed by atoms with E-state index in [9.17, 15) is 10.1 Å². The van der Waals surface area contributed by atoms with Gasteiger partial charge in [-0.3, -0.25) is 20.2 Å². The van der Waals surface area contributed by atoms with Crippen molar-refractivity contribution in [3.8, 4) is 0 Å². The van der Waals surface area contributed by atoms with Gasteiger partial charge in [-0.15, -0.1) is 0 Å². The predicted molar refractivity (Wildman–Crippen MR) is 62.3 cm³/mol. The van der Waals surface area contributed by atoms with Crippen molar-refractivity contribution in [3.63, 3.8) is 0 Å². The molecule has 17 heavy (non-hydrogen) atoms. The number of aromatic nitrogens is 4. The van der Waals surface area contributed by atoms with Crippen molar-refractivity contribution in [3.05, 3.63) is 39.1 Å². The second-order valence-electron chi connectivity index (χ2n) is 3.06. The molecule has 0 fully saturated rings. The summed E-state index contributed by atoms with van der Waals surface area (Å²) in [6.45, 7) is 0.309. The van der Waals surface area contributed by atoms with Crippen molar-refractivity contribution in [1.82, 2.24) is 20.2 Å². The van der Waals surface area contributed by atoms with Crippen LogP contribution in [0.1, 0.15) is 5.82 Å². The Hall–Kier alpha value is -2.03. The van der Waals surface area contributed by atoms with Crippen LogP contribution in [0.4, 0.5) is 11.4 Å². The first-order valence-electron chi connectivity index (χ1n) is 4.54. The van der Waals surface area contributed by atoms with Gasteiger partial charge < -0.3 is 5.32 Å². The third-order valence-electron chi connectivity index (χ3n) is 1.97. The number of pyridine rings is 1. The molecule has 2 aromatic rings. The summed E-state index contributed by atoms with van der Waals surface area (Å²) < 4.78 is 0.520. The summed E-state index contributed by atoms with van der Waals surface area (Å²) in [5.41, 5.74) is 0.264. The lowest BCUT2D eigenvalue weighted by Crippen LogP contribution is -2.05. The molecule has 0 amide bonds. The van der Waals surface area contributed by atoms with Gasteiger partial charge in [-0.25, -0.2) is 4.98 Å². The molecule has 0 bridgehead atoms. The van der Waals surface area contributed by atoms with Crippen LogP contribution >= 0.6 is 15.9 Å². The quantitative estimate of drug-likeness (QED) is 0.653. The summed E-state index contributed by atoms with van der Waals surface area (Å²) >= 11 is 3.20. The molecule has 2 aromatic heterocycles. The van der Waals surface area contributed by atoms with E-state index in [1.54, 1.807) is 0 Å². The maximum atomic E-state index is 10.8. The average molecular weight is 299 g/mol. The standard InChI is InChI=1S/C8H7BrN6O2/c9-5-1-10-2-6(15(16)17)8(5)11-3-7-12-4-13-14-7/h1-2,4H,3H2,(H,10,11)(H,12,13,14). The van der Waals surface area contributed by atoms with Gasteiger partial charge in [0.25, 0.3) is 0 Å². The zero-order valence-corrected chi connectivity index (χ0v) is 10.0. The Morgan fingerprint density at radius 2 is 2.35 bits per heavy atom. The molecule has 9 heteroatoms. The minimum absolute atomic E-state index is 0.0982. The van der Waals surface area contributed by atoms with Crippen LogP contribution in [0.25, 0.3) is 0 Å². The van der Waals surface area contributed by atoms with Crippen LogP contribution in [-0.4, -0.2) is 25.1 Å². The van der Waals surface area contributed by atoms with Crippen molar-refractivity contribution >= 4 is 27.3 Å². The van der Waals surface area contributed by atoms with Gasteiger partial charge in [-0.05, 0) is 15.9 Å². The number of anilines is 1. The van der Waals surface area contributed by atoms with Crippen LogP contribution in [-0.2, 0) is 6.54 Å². The highest BCUT2D eigenvalue weighted by molar-refractivity contribution is 9.10. The van der Waals surface area contributed by atoms with E-state index in [1.165, 1.54) is 18.7 Å². The zero-order chi connectivity index (χ0) is 12.3. The zero-order valence-electron chi connectivity index (χ0n) is 8.42. The van der Waals surface area contributed by atoms with Gasteiger partial charge in [0, 0.05) is 6.20 Å². The number of halogens is 1. The fraction of sp³-hybridized carbons (Fsp3) is 0.125. The van der Waals surface area contributed by atoms with E-state index in [4.69, 9.17) is 0 Å². The molecule has 0 radical (unpaired) electrons. The largest absolute Gasteiger partial charge is 0.371 e. The Kier molecular flexibility index (Phi) is 3.28. The summed E-state index contributed by atoms with van der Waals surface area (Å²) in [5, 5.41) is 20.0. The lowest BCUT2D eigenvalue weighted by molar-refractivity contribution is -0.384. The van der Waals surface area contributed by atoms with Gasteiger partial charge in [0.2, 0.25) is 0 Å². The number of aromatic amines is 1. The lowest BCUT2D eigenvalue weighted by Gasteiger charge is -2.06. The van der Waals surface area contributed by atoms with Gasteiger partial charge >= 0.3 is 5.69 Å². The van der Waals surface area contributed by atoms with Gasteiger partial charge in [-0.2, -0.15) is 5.10 Å². The Balaban J connectivity index is 2.22. The van der Waals surface area contributed by atoms with E-state index < -0.39 is 4.92 Å². The highest BCUT2D eigenvalue weighted by Crippen LogP contribution is 2.31. The molecule has 8 nitrogen and oxygen atoms in total. The van der Waals surface area contributed by atoms with Gasteiger partial charge in [0.1, 0.15) is 24.0 Å². The molecular weight excluding hydrogens is 292 g/mol. The lowest BCUT2D eigenvalue weighted by atomic mass is 10.3. The highest BCUT2D eigenvalue weighted by atomic mass is 79.9. The van der Waals surface area contributed by atoms with Crippen LogP contribution in [0, 0.1) is 10.1 Å². The molecule has 2 N–H and O–H groups in total. The molecular formula is C8H7BrN6O2. The van der Waals surface area contributed by atoms with E-state index >= 15 is 0 Å². The topological polar surface area (TPSA) is 110 Å². The number of nitro groups is 1. The van der Waals surface area contributed by atoms with Crippen LogP contribution in [0.5, 0.6) is 0 Å². The van der Waals surface area contributed by atoms with Gasteiger partial charge in [-0.1, -0.05) is 0 Å². The fourth-order valence-electron chi connectivity index (χ4n) is 1.23. The summed E-state index contributed by atoms with van der Waals surface area (Å²) in [6.07, 6.45) is 4.04. The van der Waals surface area contributed by atoms with E-state index in [0.717, 1.165) is 0 Å². The molecule has 0 saturated heterocycles. The summed E-state index contributed by atoms with van der Waals surface area (Å²) in [5.74, 6) is 0.586. The number of rotatable bonds is 4. The SMILES string of the molecule is O=[N+]([O-])c1cncc(Br)c1NCc1ncn[nH]1. The van der Waals surface area contributed by atoms with E-state index in [2.05, 4.69) is 41.4 Å². The predicted octanol–water partition coefficient (Wildman–Crippen LogP) is 1.48. The maximum absolute atomic E-state index is 10.8. The second-order valence-corrected chi connectivity index (χ2v) is 3.91. The highest BCUT2D eigenvalue weighted by Gasteiger charge is 2.17. The van der Waals surface area contributed by atoms with Gasteiger partial charge in [0.05, 0.1) is 15.9 Å². The minimum atomic E-state index is -0.500. The van der Waals surface area contributed by atoms with Crippen molar-refractivity contribution in [2.75, 3.05) is 5.32 Å². The maximum Gasteiger partial charge on any atom is 0.311 e. The normalized spacial score (nSPS) is 10.2. The minimum Gasteiger partial charge on any atom is -0.371 e. The summed E-state index contributed by atoms with van der Waals surface area (Å²) in [6, 6.07) is 0. The van der Waals surface area contributed by atoms with Crippen LogP contribution < -0.4 is 5.32 Å². The molecule has 0 aliphatic carbocycles. The smallest absolute Gasteiger partial charge is 0.311 e. The molecule has 0 atom stereocenters. The number of hydrogen-bond donors (Lipinski definition) is 2. The average Bonchev–Trinajstić information content (AvgIpc) is 2.80. The molecule has 0 spiro atoms. The van der Waals surface area contributed by atoms with E-state index in [1.807, 2.05) is 0 Å². The monoisotopic (exact) mass is 298 g/mol. The Bertz CT molecular complexity index is 529. The van der Waals surface area contributed by atoms with Crippen molar-refractivity contribution in [2.24, 2.45) is 0 Å². The Labute approximate surface area is 104 Å². The van der Waals surface area contributed by atoms with Crippen molar-refractivity contribution in [1.29, 1.82) is 0 Å². The van der Waals surface area contributed by atoms with Crippen molar-refractivity contribution in [2.45, 2.75) is 6.54 Å². The number of nitrogens with zero attached hydrogens (tertiary/aromatic N) is 4. The van der Waals surface area contributed by atoms with E-state index in [-0.39, 0.29) is 5.69 Å². The van der Waals surface area contributed by atoms with Gasteiger partial charge in [0.15, 0.2) is 0 Å². The van der Waals surface area contributed by atoms with Crippen LogP contribution in [0.2, 0.25) is 0 Å². The van der Waals surface area contributed by atoms with E-state index in [0.29, 0.717) is 22.5 Å². The first kappa shape index (κ1) is 11.5. The first-order valence-corrected chi connectivity index (χ1v) is 5.34. The Morgan fingerprint density at radius 3 is 3.00 bits per heavy atom. The second kappa shape index (κ2) is 4.87. The first-order chi connectivity index (χ1) is 8.18. The molecule has 0 unspecified atom stereocenters. The number of H-pyrrole nitrogens is 1.